The van der Waals surface area contributed by atoms with Crippen LogP contribution in [0.4, 0.5) is 5.95 Å². The molecule has 0 aliphatic carbocycles. The van der Waals surface area contributed by atoms with Crippen LogP contribution >= 0.6 is 12.2 Å². The molecule has 1 aromatic heterocycles. The molecule has 0 spiro atoms. The van der Waals surface area contributed by atoms with Crippen molar-refractivity contribution in [2.24, 2.45) is 7.05 Å². The van der Waals surface area contributed by atoms with E-state index >= 15 is 0 Å². The van der Waals surface area contributed by atoms with E-state index in [1.807, 2.05) is 11.6 Å². The fourth-order valence-electron chi connectivity index (χ4n) is 1.14. The highest BCUT2D eigenvalue weighted by molar-refractivity contribution is 7.71. The first-order valence-electron chi connectivity index (χ1n) is 3.65. The lowest BCUT2D eigenvalue weighted by molar-refractivity contribution is 0.588. The standard InChI is InChI=1S/C6H10N4S/c1-9-5(7-8-6(9)11)10-3-2-4-10/h2-4H2,1H3,(H,8,11). The van der Waals surface area contributed by atoms with Crippen molar-refractivity contribution >= 4 is 18.2 Å². The third kappa shape index (κ3) is 0.956. The lowest BCUT2D eigenvalue weighted by atomic mass is 10.2. The number of nitrogens with one attached hydrogen (secondary N) is 1. The summed E-state index contributed by atoms with van der Waals surface area (Å²) >= 11 is 4.98. The smallest absolute Gasteiger partial charge is 0.225 e. The Morgan fingerprint density at radius 1 is 1.55 bits per heavy atom. The highest BCUT2D eigenvalue weighted by Gasteiger charge is 2.18. The van der Waals surface area contributed by atoms with Gasteiger partial charge in [0.2, 0.25) is 5.95 Å². The van der Waals surface area contributed by atoms with Gasteiger partial charge in [-0.15, -0.1) is 5.10 Å². The lowest BCUT2D eigenvalue weighted by Crippen LogP contribution is -2.38. The van der Waals surface area contributed by atoms with Gasteiger partial charge in [0.05, 0.1) is 0 Å². The highest BCUT2D eigenvalue weighted by atomic mass is 32.1. The number of hydrogen-bond acceptors (Lipinski definition) is 3. The minimum atomic E-state index is 0.687. The van der Waals surface area contributed by atoms with Gasteiger partial charge in [-0.25, -0.2) is 5.10 Å². The van der Waals surface area contributed by atoms with Gasteiger partial charge in [0.25, 0.3) is 0 Å². The Morgan fingerprint density at radius 3 is 2.64 bits per heavy atom. The number of H-pyrrole nitrogens is 1. The highest BCUT2D eigenvalue weighted by Crippen LogP contribution is 2.16. The van der Waals surface area contributed by atoms with Crippen LogP contribution in [0.15, 0.2) is 0 Å². The van der Waals surface area contributed by atoms with E-state index in [2.05, 4.69) is 15.1 Å². The molecule has 1 aliphatic rings. The van der Waals surface area contributed by atoms with E-state index in [1.165, 1.54) is 6.42 Å². The molecule has 11 heavy (non-hydrogen) atoms. The third-order valence-corrected chi connectivity index (χ3v) is 2.36. The van der Waals surface area contributed by atoms with E-state index in [-0.39, 0.29) is 0 Å². The van der Waals surface area contributed by atoms with E-state index in [4.69, 9.17) is 12.2 Å². The zero-order chi connectivity index (χ0) is 7.84. The minimum Gasteiger partial charge on any atom is -0.341 e. The number of nitrogens with zero attached hydrogens (tertiary/aromatic N) is 3. The molecule has 4 nitrogen and oxygen atoms in total. The molecule has 0 bridgehead atoms. The predicted molar refractivity (Wildman–Crippen MR) is 45.2 cm³/mol. The molecule has 0 amide bonds. The second kappa shape index (κ2) is 2.34. The Labute approximate surface area is 69.8 Å². The molecule has 0 atom stereocenters. The summed E-state index contributed by atoms with van der Waals surface area (Å²) in [4.78, 5) is 2.20. The van der Waals surface area contributed by atoms with Crippen molar-refractivity contribution in [3.8, 4) is 0 Å². The summed E-state index contributed by atoms with van der Waals surface area (Å²) in [6.45, 7) is 2.21. The van der Waals surface area contributed by atoms with E-state index < -0.39 is 0 Å². The van der Waals surface area contributed by atoms with Crippen molar-refractivity contribution in [2.45, 2.75) is 6.42 Å². The normalized spacial score (nSPS) is 16.6. The summed E-state index contributed by atoms with van der Waals surface area (Å²) < 4.78 is 2.58. The van der Waals surface area contributed by atoms with Gasteiger partial charge in [0.15, 0.2) is 4.77 Å². The molecule has 1 aromatic rings. The van der Waals surface area contributed by atoms with Crippen molar-refractivity contribution in [1.29, 1.82) is 0 Å². The summed E-state index contributed by atoms with van der Waals surface area (Å²) in [5, 5.41) is 6.87. The van der Waals surface area contributed by atoms with Gasteiger partial charge >= 0.3 is 0 Å². The number of rotatable bonds is 1. The minimum absolute atomic E-state index is 0.687. The molecule has 1 N–H and O–H groups in total. The van der Waals surface area contributed by atoms with Gasteiger partial charge < -0.3 is 4.90 Å². The maximum absolute atomic E-state index is 4.98. The van der Waals surface area contributed by atoms with Crippen LogP contribution in [-0.4, -0.2) is 27.9 Å². The second-order valence-corrected chi connectivity index (χ2v) is 3.12. The van der Waals surface area contributed by atoms with Crippen LogP contribution in [0.1, 0.15) is 6.42 Å². The van der Waals surface area contributed by atoms with Crippen molar-refractivity contribution in [2.75, 3.05) is 18.0 Å². The largest absolute Gasteiger partial charge is 0.341 e. The fraction of sp³-hybridized carbons (Fsp3) is 0.667. The molecule has 2 rings (SSSR count). The van der Waals surface area contributed by atoms with Crippen molar-refractivity contribution in [3.05, 3.63) is 4.77 Å². The topological polar surface area (TPSA) is 36.9 Å². The average Bonchev–Trinajstić information content (AvgIpc) is 2.15. The van der Waals surface area contributed by atoms with Crippen molar-refractivity contribution in [3.63, 3.8) is 0 Å². The van der Waals surface area contributed by atoms with E-state index in [1.54, 1.807) is 0 Å². The molecular formula is C6H10N4S. The van der Waals surface area contributed by atoms with Gasteiger partial charge in [-0.2, -0.15) is 0 Å². The zero-order valence-electron chi connectivity index (χ0n) is 6.37. The van der Waals surface area contributed by atoms with E-state index in [0.717, 1.165) is 19.0 Å². The molecular weight excluding hydrogens is 160 g/mol. The van der Waals surface area contributed by atoms with Crippen LogP contribution in [0.5, 0.6) is 0 Å². The molecule has 1 fully saturated rings. The summed E-state index contributed by atoms with van der Waals surface area (Å²) in [6.07, 6.45) is 1.26. The fourth-order valence-corrected chi connectivity index (χ4v) is 1.27. The van der Waals surface area contributed by atoms with Crippen LogP contribution < -0.4 is 4.90 Å². The Balaban J connectivity index is 2.36. The van der Waals surface area contributed by atoms with Gasteiger partial charge in [-0.3, -0.25) is 4.57 Å². The molecule has 0 saturated carbocycles. The van der Waals surface area contributed by atoms with E-state index in [0.29, 0.717) is 4.77 Å². The van der Waals surface area contributed by atoms with Gasteiger partial charge in [-0.1, -0.05) is 0 Å². The van der Waals surface area contributed by atoms with Gasteiger partial charge in [0.1, 0.15) is 0 Å². The lowest BCUT2D eigenvalue weighted by Gasteiger charge is -2.30. The van der Waals surface area contributed by atoms with E-state index in [9.17, 15) is 0 Å². The zero-order valence-corrected chi connectivity index (χ0v) is 7.19. The summed E-state index contributed by atoms with van der Waals surface area (Å²) in [6, 6.07) is 0. The van der Waals surface area contributed by atoms with Crippen LogP contribution in [-0.2, 0) is 7.05 Å². The molecule has 0 unspecified atom stereocenters. The van der Waals surface area contributed by atoms with Crippen molar-refractivity contribution < 1.29 is 0 Å². The number of hydrogen-bond donors (Lipinski definition) is 1. The Bertz CT molecular complexity index is 309. The second-order valence-electron chi connectivity index (χ2n) is 2.73. The number of anilines is 1. The first-order chi connectivity index (χ1) is 5.29. The molecule has 2 heterocycles. The maximum Gasteiger partial charge on any atom is 0.225 e. The summed E-state index contributed by atoms with van der Waals surface area (Å²) in [5.74, 6) is 0.959. The number of aromatic amines is 1. The average molecular weight is 170 g/mol. The van der Waals surface area contributed by atoms with Crippen LogP contribution in [0.2, 0.25) is 0 Å². The molecule has 1 saturated heterocycles. The molecule has 60 valence electrons. The van der Waals surface area contributed by atoms with Crippen LogP contribution in [0.3, 0.4) is 0 Å². The maximum atomic E-state index is 4.98. The Morgan fingerprint density at radius 2 is 2.27 bits per heavy atom. The number of aromatic nitrogens is 3. The predicted octanol–water partition coefficient (Wildman–Crippen LogP) is 0.688. The molecule has 1 aliphatic heterocycles. The van der Waals surface area contributed by atoms with Gasteiger partial charge in [0, 0.05) is 20.1 Å². The van der Waals surface area contributed by atoms with Gasteiger partial charge in [-0.05, 0) is 18.6 Å². The van der Waals surface area contributed by atoms with Crippen LogP contribution in [0.25, 0.3) is 0 Å². The Hall–Kier alpha value is -0.840. The van der Waals surface area contributed by atoms with Crippen LogP contribution in [0, 0.1) is 4.77 Å². The summed E-state index contributed by atoms with van der Waals surface area (Å²) in [5.41, 5.74) is 0. The molecule has 5 heteroatoms. The first-order valence-corrected chi connectivity index (χ1v) is 4.06. The Kier molecular flexibility index (Phi) is 1.45. The van der Waals surface area contributed by atoms with Crippen molar-refractivity contribution in [1.82, 2.24) is 14.8 Å². The summed E-state index contributed by atoms with van der Waals surface area (Å²) in [7, 11) is 1.93. The third-order valence-electron chi connectivity index (χ3n) is 2.00. The molecule has 0 radical (unpaired) electrons. The molecule has 0 aromatic carbocycles. The SMILES string of the molecule is Cn1c(N2CCC2)n[nH]c1=S. The monoisotopic (exact) mass is 170 g/mol. The first kappa shape index (κ1) is 6.84. The quantitative estimate of drug-likeness (QED) is 0.630.